The molecule has 0 radical (unpaired) electrons. The Bertz CT molecular complexity index is 542. The summed E-state index contributed by atoms with van der Waals surface area (Å²) in [6.07, 6.45) is 1.07. The molecule has 0 aliphatic carbocycles. The topological polar surface area (TPSA) is 40.6 Å². The standard InChI is InChI=1S/C14H22N2O2S/c1-12-6-4-5-7-14(12)19(17,18)16(3)11-13-8-9-15(2)10-13/h4-7,13H,8-11H2,1-3H3/t13-/m1/s1. The van der Waals surface area contributed by atoms with Crippen molar-refractivity contribution in [2.24, 2.45) is 5.92 Å². The Balaban J connectivity index is 2.14. The molecule has 1 fully saturated rings. The highest BCUT2D eigenvalue weighted by atomic mass is 32.2. The van der Waals surface area contributed by atoms with Gasteiger partial charge in [-0.25, -0.2) is 12.7 Å². The van der Waals surface area contributed by atoms with Crippen LogP contribution < -0.4 is 0 Å². The monoisotopic (exact) mass is 282 g/mol. The van der Waals surface area contributed by atoms with Gasteiger partial charge >= 0.3 is 0 Å². The predicted molar refractivity (Wildman–Crippen MR) is 76.6 cm³/mol. The highest BCUT2D eigenvalue weighted by Crippen LogP contribution is 2.22. The van der Waals surface area contributed by atoms with Gasteiger partial charge in [-0.3, -0.25) is 0 Å². The summed E-state index contributed by atoms with van der Waals surface area (Å²) < 4.78 is 26.6. The average Bonchev–Trinajstić information content (AvgIpc) is 2.75. The first-order chi connectivity index (χ1) is 8.91. The molecule has 19 heavy (non-hydrogen) atoms. The molecule has 1 aromatic rings. The van der Waals surface area contributed by atoms with Gasteiger partial charge in [0.05, 0.1) is 4.90 Å². The Hall–Kier alpha value is -0.910. The molecule has 0 saturated carbocycles. The van der Waals surface area contributed by atoms with E-state index in [2.05, 4.69) is 11.9 Å². The molecule has 1 saturated heterocycles. The number of benzene rings is 1. The van der Waals surface area contributed by atoms with Gasteiger partial charge in [-0.15, -0.1) is 0 Å². The average molecular weight is 282 g/mol. The molecular weight excluding hydrogens is 260 g/mol. The van der Waals surface area contributed by atoms with E-state index in [0.717, 1.165) is 25.1 Å². The molecule has 0 N–H and O–H groups in total. The van der Waals surface area contributed by atoms with E-state index < -0.39 is 10.0 Å². The molecular formula is C14H22N2O2S. The molecule has 2 rings (SSSR count). The van der Waals surface area contributed by atoms with Crippen LogP contribution in [-0.4, -0.2) is 51.4 Å². The maximum Gasteiger partial charge on any atom is 0.243 e. The van der Waals surface area contributed by atoms with Gasteiger partial charge in [0.25, 0.3) is 0 Å². The summed E-state index contributed by atoms with van der Waals surface area (Å²) >= 11 is 0. The fraction of sp³-hybridized carbons (Fsp3) is 0.571. The Morgan fingerprint density at radius 3 is 2.63 bits per heavy atom. The number of likely N-dealkylation sites (tertiary alicyclic amines) is 1. The lowest BCUT2D eigenvalue weighted by molar-refractivity contribution is 0.356. The lowest BCUT2D eigenvalue weighted by Crippen LogP contribution is -2.33. The second-order valence-electron chi connectivity index (χ2n) is 5.47. The van der Waals surface area contributed by atoms with Crippen LogP contribution in [0.15, 0.2) is 29.2 Å². The smallest absolute Gasteiger partial charge is 0.243 e. The molecule has 4 nitrogen and oxygen atoms in total. The van der Waals surface area contributed by atoms with E-state index in [1.54, 1.807) is 19.2 Å². The van der Waals surface area contributed by atoms with Crippen LogP contribution >= 0.6 is 0 Å². The highest BCUT2D eigenvalue weighted by molar-refractivity contribution is 7.89. The number of sulfonamides is 1. The Labute approximate surface area is 116 Å². The molecule has 1 aliphatic heterocycles. The molecule has 1 atom stereocenters. The first-order valence-corrected chi connectivity index (χ1v) is 8.06. The van der Waals surface area contributed by atoms with Crippen LogP contribution in [-0.2, 0) is 10.0 Å². The van der Waals surface area contributed by atoms with Gasteiger partial charge in [-0.1, -0.05) is 18.2 Å². The first kappa shape index (κ1) is 14.5. The minimum absolute atomic E-state index is 0.420. The lowest BCUT2D eigenvalue weighted by Gasteiger charge is -2.21. The number of rotatable bonds is 4. The van der Waals surface area contributed by atoms with Crippen molar-refractivity contribution in [3.05, 3.63) is 29.8 Å². The summed E-state index contributed by atoms with van der Waals surface area (Å²) in [6, 6.07) is 7.16. The zero-order chi connectivity index (χ0) is 14.0. The molecule has 1 aliphatic rings. The molecule has 106 valence electrons. The molecule has 1 heterocycles. The maximum atomic E-state index is 12.5. The number of nitrogens with zero attached hydrogens (tertiary/aromatic N) is 2. The van der Waals surface area contributed by atoms with Crippen molar-refractivity contribution in [2.75, 3.05) is 33.7 Å². The van der Waals surface area contributed by atoms with E-state index in [1.807, 2.05) is 19.1 Å². The van der Waals surface area contributed by atoms with Crippen LogP contribution in [0.1, 0.15) is 12.0 Å². The summed E-state index contributed by atoms with van der Waals surface area (Å²) in [4.78, 5) is 2.67. The second kappa shape index (κ2) is 5.61. The quantitative estimate of drug-likeness (QED) is 0.841. The molecule has 0 spiro atoms. The summed E-state index contributed by atoms with van der Waals surface area (Å²) in [5, 5.41) is 0. The third-order valence-electron chi connectivity index (χ3n) is 3.79. The largest absolute Gasteiger partial charge is 0.306 e. The SMILES string of the molecule is Cc1ccccc1S(=O)(=O)N(C)C[C@@H]1CCN(C)C1. The summed E-state index contributed by atoms with van der Waals surface area (Å²) in [5.74, 6) is 0.439. The van der Waals surface area contributed by atoms with Gasteiger partial charge in [-0.2, -0.15) is 0 Å². The highest BCUT2D eigenvalue weighted by Gasteiger charge is 2.27. The van der Waals surface area contributed by atoms with Gasteiger partial charge in [0, 0.05) is 20.1 Å². The summed E-state index contributed by atoms with van der Waals surface area (Å²) in [6.45, 7) is 4.47. The minimum atomic E-state index is -3.36. The third kappa shape index (κ3) is 3.16. The zero-order valence-electron chi connectivity index (χ0n) is 11.8. The molecule has 1 aromatic carbocycles. The predicted octanol–water partition coefficient (Wildman–Crippen LogP) is 1.57. The van der Waals surface area contributed by atoms with Crippen molar-refractivity contribution in [2.45, 2.75) is 18.2 Å². The van der Waals surface area contributed by atoms with E-state index in [1.165, 1.54) is 4.31 Å². The van der Waals surface area contributed by atoms with Crippen LogP contribution in [0.2, 0.25) is 0 Å². The van der Waals surface area contributed by atoms with Crippen LogP contribution in [0.3, 0.4) is 0 Å². The zero-order valence-corrected chi connectivity index (χ0v) is 12.7. The fourth-order valence-electron chi connectivity index (χ4n) is 2.65. The van der Waals surface area contributed by atoms with Crippen LogP contribution in [0.4, 0.5) is 0 Å². The molecule has 0 unspecified atom stereocenters. The van der Waals surface area contributed by atoms with Gasteiger partial charge in [0.1, 0.15) is 0 Å². The van der Waals surface area contributed by atoms with Crippen LogP contribution in [0, 0.1) is 12.8 Å². The maximum absolute atomic E-state index is 12.5. The van der Waals surface area contributed by atoms with Gasteiger partial charge in [0.2, 0.25) is 10.0 Å². The van der Waals surface area contributed by atoms with Gasteiger partial charge in [0.15, 0.2) is 0 Å². The molecule has 0 bridgehead atoms. The van der Waals surface area contributed by atoms with E-state index >= 15 is 0 Å². The van der Waals surface area contributed by atoms with E-state index in [9.17, 15) is 8.42 Å². The lowest BCUT2D eigenvalue weighted by atomic mass is 10.1. The van der Waals surface area contributed by atoms with Crippen molar-refractivity contribution in [1.82, 2.24) is 9.21 Å². The third-order valence-corrected chi connectivity index (χ3v) is 5.77. The number of aryl methyl sites for hydroxylation is 1. The summed E-state index contributed by atoms with van der Waals surface area (Å²) in [5.41, 5.74) is 0.804. The molecule has 0 aromatic heterocycles. The molecule has 5 heteroatoms. The normalized spacial score (nSPS) is 21.2. The van der Waals surface area contributed by atoms with Gasteiger partial charge in [-0.05, 0) is 44.5 Å². The number of hydrogen-bond donors (Lipinski definition) is 0. The van der Waals surface area contributed by atoms with E-state index in [-0.39, 0.29) is 0 Å². The Morgan fingerprint density at radius 2 is 2.05 bits per heavy atom. The van der Waals surface area contributed by atoms with Crippen molar-refractivity contribution in [3.63, 3.8) is 0 Å². The Kier molecular flexibility index (Phi) is 4.28. The second-order valence-corrected chi connectivity index (χ2v) is 7.48. The Morgan fingerprint density at radius 1 is 1.37 bits per heavy atom. The van der Waals surface area contributed by atoms with Crippen molar-refractivity contribution in [3.8, 4) is 0 Å². The van der Waals surface area contributed by atoms with Crippen LogP contribution in [0.5, 0.6) is 0 Å². The minimum Gasteiger partial charge on any atom is -0.306 e. The van der Waals surface area contributed by atoms with E-state index in [4.69, 9.17) is 0 Å². The molecule has 0 amide bonds. The number of hydrogen-bond acceptors (Lipinski definition) is 3. The van der Waals surface area contributed by atoms with E-state index in [0.29, 0.717) is 17.4 Å². The van der Waals surface area contributed by atoms with Gasteiger partial charge < -0.3 is 4.90 Å². The van der Waals surface area contributed by atoms with Crippen molar-refractivity contribution < 1.29 is 8.42 Å². The van der Waals surface area contributed by atoms with Crippen LogP contribution in [0.25, 0.3) is 0 Å². The van der Waals surface area contributed by atoms with Crippen molar-refractivity contribution in [1.29, 1.82) is 0 Å². The first-order valence-electron chi connectivity index (χ1n) is 6.62. The summed E-state index contributed by atoms with van der Waals surface area (Å²) in [7, 11) is 0.400. The fourth-order valence-corrected chi connectivity index (χ4v) is 4.12. The van der Waals surface area contributed by atoms with Crippen molar-refractivity contribution >= 4 is 10.0 Å².